The maximum absolute atomic E-state index is 13.0. The van der Waals surface area contributed by atoms with Crippen LogP contribution in [0.5, 0.6) is 0 Å². The summed E-state index contributed by atoms with van der Waals surface area (Å²) >= 11 is 0. The van der Waals surface area contributed by atoms with Gasteiger partial charge in [-0.1, -0.05) is 0 Å². The van der Waals surface area contributed by atoms with Crippen molar-refractivity contribution in [3.8, 4) is 0 Å². The van der Waals surface area contributed by atoms with Crippen molar-refractivity contribution in [2.45, 2.75) is 45.5 Å². The molecule has 0 bridgehead atoms. The molecule has 0 aromatic heterocycles. The van der Waals surface area contributed by atoms with E-state index in [0.717, 1.165) is 12.1 Å². The van der Waals surface area contributed by atoms with Gasteiger partial charge in [0.1, 0.15) is 5.60 Å². The zero-order valence-electron chi connectivity index (χ0n) is 14.9. The maximum atomic E-state index is 13.0. The number of nitrogens with two attached hydrogens (primary N) is 1. The number of piperazine rings is 1. The van der Waals surface area contributed by atoms with Crippen LogP contribution in [0.4, 0.5) is 29.3 Å². The lowest BCUT2D eigenvalue weighted by atomic mass is 10.1. The highest BCUT2D eigenvalue weighted by Gasteiger charge is 2.34. The molecular formula is C17H24F3N3O2. The first-order valence-corrected chi connectivity index (χ1v) is 8.09. The van der Waals surface area contributed by atoms with Gasteiger partial charge < -0.3 is 20.3 Å². The molecule has 0 aliphatic carbocycles. The van der Waals surface area contributed by atoms with Crippen LogP contribution in [0, 0.1) is 0 Å². The number of halogens is 3. The van der Waals surface area contributed by atoms with Crippen LogP contribution < -0.4 is 10.6 Å². The third-order valence-electron chi connectivity index (χ3n) is 3.89. The molecule has 1 aliphatic rings. The molecule has 2 rings (SSSR count). The van der Waals surface area contributed by atoms with E-state index in [1.165, 1.54) is 6.07 Å². The van der Waals surface area contributed by atoms with E-state index < -0.39 is 23.4 Å². The fourth-order valence-corrected chi connectivity index (χ4v) is 2.76. The average molecular weight is 359 g/mol. The third kappa shape index (κ3) is 4.93. The molecule has 1 atom stereocenters. The molecule has 140 valence electrons. The molecule has 0 radical (unpaired) electrons. The minimum Gasteiger partial charge on any atom is -0.444 e. The maximum Gasteiger partial charge on any atom is 0.416 e. The van der Waals surface area contributed by atoms with Crippen LogP contribution in [0.3, 0.4) is 0 Å². The molecule has 1 aromatic carbocycles. The summed E-state index contributed by atoms with van der Waals surface area (Å²) in [5.41, 5.74) is 4.73. The number of nitrogen functional groups attached to an aromatic ring is 1. The second-order valence-electron chi connectivity index (χ2n) is 7.28. The molecule has 8 heteroatoms. The molecule has 5 nitrogen and oxygen atoms in total. The SMILES string of the molecule is C[C@@H]1CN(c2cc(N)cc(C(F)(F)F)c2)CCN1C(=O)OC(C)(C)C. The van der Waals surface area contributed by atoms with Gasteiger partial charge in [-0.05, 0) is 45.9 Å². The van der Waals surface area contributed by atoms with E-state index in [9.17, 15) is 18.0 Å². The van der Waals surface area contributed by atoms with E-state index >= 15 is 0 Å². The number of nitrogens with zero attached hydrogens (tertiary/aromatic N) is 2. The Balaban J connectivity index is 2.13. The zero-order valence-corrected chi connectivity index (χ0v) is 14.9. The Labute approximate surface area is 145 Å². The lowest BCUT2D eigenvalue weighted by Gasteiger charge is -2.41. The highest BCUT2D eigenvalue weighted by Crippen LogP contribution is 2.34. The quantitative estimate of drug-likeness (QED) is 0.776. The Bertz CT molecular complexity index is 641. The van der Waals surface area contributed by atoms with Gasteiger partial charge in [0.05, 0.1) is 5.56 Å². The number of ether oxygens (including phenoxy) is 1. The number of carbonyl (C=O) groups excluding carboxylic acids is 1. The van der Waals surface area contributed by atoms with E-state index in [4.69, 9.17) is 10.5 Å². The van der Waals surface area contributed by atoms with E-state index in [0.29, 0.717) is 25.3 Å². The monoisotopic (exact) mass is 359 g/mol. The summed E-state index contributed by atoms with van der Waals surface area (Å²) in [5, 5.41) is 0. The van der Waals surface area contributed by atoms with Gasteiger partial charge in [-0.15, -0.1) is 0 Å². The molecule has 0 unspecified atom stereocenters. The second-order valence-corrected chi connectivity index (χ2v) is 7.28. The van der Waals surface area contributed by atoms with Gasteiger partial charge in [0.2, 0.25) is 0 Å². The Kier molecular flexibility index (Phi) is 5.11. The molecule has 1 aromatic rings. The molecule has 0 saturated carbocycles. The van der Waals surface area contributed by atoms with Crippen molar-refractivity contribution in [1.29, 1.82) is 0 Å². The van der Waals surface area contributed by atoms with Crippen molar-refractivity contribution in [3.05, 3.63) is 23.8 Å². The fraction of sp³-hybridized carbons (Fsp3) is 0.588. The summed E-state index contributed by atoms with van der Waals surface area (Å²) in [6.07, 6.45) is -4.86. The number of rotatable bonds is 1. The third-order valence-corrected chi connectivity index (χ3v) is 3.89. The van der Waals surface area contributed by atoms with Gasteiger partial charge in [-0.2, -0.15) is 13.2 Å². The smallest absolute Gasteiger partial charge is 0.416 e. The largest absolute Gasteiger partial charge is 0.444 e. The number of hydrogen-bond acceptors (Lipinski definition) is 4. The standard InChI is InChI=1S/C17H24F3N3O2/c1-11-10-22(5-6-23(11)15(24)25-16(2,3)4)14-8-12(17(18,19)20)7-13(21)9-14/h7-9,11H,5-6,10,21H2,1-4H3/t11-/m1/s1. The van der Waals surface area contributed by atoms with Crippen molar-refractivity contribution >= 4 is 17.5 Å². The number of anilines is 2. The van der Waals surface area contributed by atoms with E-state index in [-0.39, 0.29) is 11.7 Å². The predicted molar refractivity (Wildman–Crippen MR) is 90.5 cm³/mol. The molecule has 1 saturated heterocycles. The van der Waals surface area contributed by atoms with Crippen molar-refractivity contribution in [2.24, 2.45) is 0 Å². The summed E-state index contributed by atoms with van der Waals surface area (Å²) in [4.78, 5) is 15.6. The van der Waals surface area contributed by atoms with Crippen LogP contribution >= 0.6 is 0 Å². The van der Waals surface area contributed by atoms with Crippen LogP contribution in [-0.4, -0.2) is 42.3 Å². The molecule has 1 heterocycles. The van der Waals surface area contributed by atoms with Crippen molar-refractivity contribution in [2.75, 3.05) is 30.3 Å². The topological polar surface area (TPSA) is 58.8 Å². The first-order valence-electron chi connectivity index (χ1n) is 8.09. The van der Waals surface area contributed by atoms with Crippen LogP contribution in [0.2, 0.25) is 0 Å². The van der Waals surface area contributed by atoms with Gasteiger partial charge >= 0.3 is 12.3 Å². The summed E-state index contributed by atoms with van der Waals surface area (Å²) in [5.74, 6) is 0. The van der Waals surface area contributed by atoms with Gasteiger partial charge in [0.15, 0.2) is 0 Å². The summed E-state index contributed by atoms with van der Waals surface area (Å²) in [6, 6.07) is 3.33. The number of benzene rings is 1. The number of carbonyl (C=O) groups is 1. The van der Waals surface area contributed by atoms with Gasteiger partial charge in [-0.3, -0.25) is 0 Å². The van der Waals surface area contributed by atoms with Gasteiger partial charge in [0.25, 0.3) is 0 Å². The normalized spacial score (nSPS) is 19.1. The second kappa shape index (κ2) is 6.65. The van der Waals surface area contributed by atoms with Crippen LogP contribution in [0.15, 0.2) is 18.2 Å². The summed E-state index contributed by atoms with van der Waals surface area (Å²) in [6.45, 7) is 8.38. The number of amides is 1. The van der Waals surface area contributed by atoms with E-state index in [1.54, 1.807) is 30.6 Å². The molecule has 25 heavy (non-hydrogen) atoms. The van der Waals surface area contributed by atoms with Crippen LogP contribution in [0.1, 0.15) is 33.3 Å². The minimum atomic E-state index is -4.45. The Morgan fingerprint density at radius 3 is 2.36 bits per heavy atom. The van der Waals surface area contributed by atoms with Crippen LogP contribution in [0.25, 0.3) is 0 Å². The first-order chi connectivity index (χ1) is 11.4. The molecule has 0 spiro atoms. The van der Waals surface area contributed by atoms with E-state index in [1.807, 2.05) is 6.92 Å². The lowest BCUT2D eigenvalue weighted by Crippen LogP contribution is -2.55. The summed E-state index contributed by atoms with van der Waals surface area (Å²) < 4.78 is 44.3. The predicted octanol–water partition coefficient (Wildman–Crippen LogP) is 3.73. The number of alkyl halides is 3. The highest BCUT2D eigenvalue weighted by atomic mass is 19.4. The van der Waals surface area contributed by atoms with Crippen LogP contribution in [-0.2, 0) is 10.9 Å². The number of hydrogen-bond donors (Lipinski definition) is 1. The highest BCUT2D eigenvalue weighted by molar-refractivity contribution is 5.69. The summed E-state index contributed by atoms with van der Waals surface area (Å²) in [7, 11) is 0. The minimum absolute atomic E-state index is 0.0621. The lowest BCUT2D eigenvalue weighted by molar-refractivity contribution is -0.137. The molecule has 1 amide bonds. The zero-order chi connectivity index (χ0) is 19.0. The molecule has 1 aliphatic heterocycles. The molecule has 2 N–H and O–H groups in total. The van der Waals surface area contributed by atoms with Gasteiger partial charge in [0, 0.05) is 37.1 Å². The van der Waals surface area contributed by atoms with Crippen molar-refractivity contribution < 1.29 is 22.7 Å². The van der Waals surface area contributed by atoms with Crippen molar-refractivity contribution in [3.63, 3.8) is 0 Å². The molecule has 1 fully saturated rings. The fourth-order valence-electron chi connectivity index (χ4n) is 2.76. The van der Waals surface area contributed by atoms with Gasteiger partial charge in [-0.25, -0.2) is 4.79 Å². The van der Waals surface area contributed by atoms with Crippen molar-refractivity contribution in [1.82, 2.24) is 4.90 Å². The van der Waals surface area contributed by atoms with E-state index in [2.05, 4.69) is 0 Å². The first kappa shape index (κ1) is 19.2. The Morgan fingerprint density at radius 2 is 1.84 bits per heavy atom. The Morgan fingerprint density at radius 1 is 1.20 bits per heavy atom. The molecular weight excluding hydrogens is 335 g/mol. The average Bonchev–Trinajstić information content (AvgIpc) is 2.43. The Hall–Kier alpha value is -2.12.